The lowest BCUT2D eigenvalue weighted by Gasteiger charge is -2.28. The normalized spacial score (nSPS) is 22.3. The maximum absolute atomic E-state index is 12.4. The number of amides is 1. The van der Waals surface area contributed by atoms with Crippen LogP contribution in [-0.4, -0.2) is 26.2 Å². The molecule has 5 nitrogen and oxygen atoms in total. The van der Waals surface area contributed by atoms with E-state index in [4.69, 9.17) is 15.2 Å². The van der Waals surface area contributed by atoms with Gasteiger partial charge >= 0.3 is 0 Å². The Morgan fingerprint density at radius 3 is 2.70 bits per heavy atom. The van der Waals surface area contributed by atoms with Gasteiger partial charge in [0, 0.05) is 18.0 Å². The van der Waals surface area contributed by atoms with Gasteiger partial charge in [0.1, 0.15) is 11.5 Å². The zero-order chi connectivity index (χ0) is 16.8. The first-order chi connectivity index (χ1) is 11.0. The molecule has 0 aromatic heterocycles. The molecule has 0 heterocycles. The number of nitrogens with two attached hydrogens (primary N) is 1. The molecule has 3 N–H and O–H groups in total. The van der Waals surface area contributed by atoms with Crippen LogP contribution in [-0.2, 0) is 4.79 Å². The number of rotatable bonds is 6. The van der Waals surface area contributed by atoms with Crippen LogP contribution < -0.4 is 20.5 Å². The lowest BCUT2D eigenvalue weighted by molar-refractivity contribution is -0.123. The molecule has 3 atom stereocenters. The quantitative estimate of drug-likeness (QED) is 0.845. The average Bonchev–Trinajstić information content (AvgIpc) is 2.56. The molecule has 1 saturated carbocycles. The highest BCUT2D eigenvalue weighted by Crippen LogP contribution is 2.30. The van der Waals surface area contributed by atoms with Crippen LogP contribution in [0.25, 0.3) is 0 Å². The Morgan fingerprint density at radius 2 is 2.04 bits per heavy atom. The molecule has 3 unspecified atom stereocenters. The molecular weight excluding hydrogens is 292 g/mol. The number of carbonyl (C=O) groups excluding carboxylic acids is 1. The summed E-state index contributed by atoms with van der Waals surface area (Å²) in [6.07, 6.45) is 4.92. The molecule has 1 aliphatic carbocycles. The lowest BCUT2D eigenvalue weighted by atomic mass is 9.83. The molecule has 1 aromatic rings. The van der Waals surface area contributed by atoms with E-state index < -0.39 is 0 Å². The van der Waals surface area contributed by atoms with Crippen LogP contribution in [0, 0.1) is 5.92 Å². The van der Waals surface area contributed by atoms with E-state index in [1.165, 1.54) is 12.8 Å². The third-order valence-corrected chi connectivity index (χ3v) is 4.70. The molecular formula is C18H28N2O3. The Hall–Kier alpha value is -1.75. The van der Waals surface area contributed by atoms with Gasteiger partial charge in [-0.25, -0.2) is 0 Å². The van der Waals surface area contributed by atoms with Gasteiger partial charge in [0.15, 0.2) is 0 Å². The Bertz CT molecular complexity index is 533. The van der Waals surface area contributed by atoms with E-state index in [-0.39, 0.29) is 18.0 Å². The van der Waals surface area contributed by atoms with Crippen molar-refractivity contribution in [2.45, 2.75) is 51.1 Å². The molecule has 23 heavy (non-hydrogen) atoms. The number of methoxy groups -OCH3 is 2. The summed E-state index contributed by atoms with van der Waals surface area (Å²) in [6.45, 7) is 1.95. The van der Waals surface area contributed by atoms with E-state index in [1.807, 2.05) is 25.1 Å². The summed E-state index contributed by atoms with van der Waals surface area (Å²) < 4.78 is 10.6. The van der Waals surface area contributed by atoms with Crippen LogP contribution in [0.2, 0.25) is 0 Å². The third-order valence-electron chi connectivity index (χ3n) is 4.70. The van der Waals surface area contributed by atoms with Crippen LogP contribution in [0.4, 0.5) is 0 Å². The van der Waals surface area contributed by atoms with E-state index in [9.17, 15) is 4.79 Å². The summed E-state index contributed by atoms with van der Waals surface area (Å²) in [5, 5.41) is 3.06. The van der Waals surface area contributed by atoms with Crippen molar-refractivity contribution < 1.29 is 14.3 Å². The highest BCUT2D eigenvalue weighted by molar-refractivity contribution is 5.77. The molecule has 1 aliphatic rings. The monoisotopic (exact) mass is 320 g/mol. The first-order valence-electron chi connectivity index (χ1n) is 8.32. The van der Waals surface area contributed by atoms with Gasteiger partial charge in [-0.3, -0.25) is 4.79 Å². The fourth-order valence-corrected chi connectivity index (χ4v) is 3.28. The zero-order valence-corrected chi connectivity index (χ0v) is 14.3. The summed E-state index contributed by atoms with van der Waals surface area (Å²) >= 11 is 0. The number of benzene rings is 1. The minimum Gasteiger partial charge on any atom is -0.497 e. The average molecular weight is 320 g/mol. The van der Waals surface area contributed by atoms with E-state index in [1.54, 1.807) is 14.2 Å². The summed E-state index contributed by atoms with van der Waals surface area (Å²) in [5.74, 6) is 1.83. The van der Waals surface area contributed by atoms with E-state index in [2.05, 4.69) is 5.32 Å². The predicted octanol–water partition coefficient (Wildman–Crippen LogP) is 2.79. The van der Waals surface area contributed by atoms with Crippen molar-refractivity contribution in [2.75, 3.05) is 14.2 Å². The first-order valence-corrected chi connectivity index (χ1v) is 8.32. The molecule has 0 bridgehead atoms. The number of ether oxygens (including phenoxy) is 2. The van der Waals surface area contributed by atoms with Gasteiger partial charge in [0.25, 0.3) is 0 Å². The Balaban J connectivity index is 2.00. The molecule has 1 amide bonds. The second-order valence-corrected chi connectivity index (χ2v) is 6.31. The van der Waals surface area contributed by atoms with Crippen LogP contribution in [0.5, 0.6) is 11.5 Å². The van der Waals surface area contributed by atoms with Gasteiger partial charge < -0.3 is 20.5 Å². The van der Waals surface area contributed by atoms with Crippen molar-refractivity contribution in [3.63, 3.8) is 0 Å². The van der Waals surface area contributed by atoms with Crippen LogP contribution in [0.3, 0.4) is 0 Å². The Labute approximate surface area is 138 Å². The second-order valence-electron chi connectivity index (χ2n) is 6.31. The predicted molar refractivity (Wildman–Crippen MR) is 90.7 cm³/mol. The molecule has 0 radical (unpaired) electrons. The molecule has 0 spiro atoms. The van der Waals surface area contributed by atoms with Crippen LogP contribution in [0.15, 0.2) is 18.2 Å². The van der Waals surface area contributed by atoms with E-state index in [0.29, 0.717) is 12.3 Å². The molecule has 5 heteroatoms. The topological polar surface area (TPSA) is 73.6 Å². The zero-order valence-electron chi connectivity index (χ0n) is 14.3. The lowest BCUT2D eigenvalue weighted by Crippen LogP contribution is -2.37. The molecule has 2 rings (SSSR count). The van der Waals surface area contributed by atoms with Gasteiger partial charge in [-0.15, -0.1) is 0 Å². The standard InChI is InChI=1S/C18H28N2O3/c1-12(15-11-14(22-2)8-9-17(15)23-3)20-18(21)10-13-6-4-5-7-16(13)19/h8-9,11-13,16H,4-7,10,19H2,1-3H3,(H,20,21). The van der Waals surface area contributed by atoms with Crippen molar-refractivity contribution in [1.29, 1.82) is 0 Å². The fourth-order valence-electron chi connectivity index (χ4n) is 3.28. The molecule has 0 saturated heterocycles. The summed E-state index contributed by atoms with van der Waals surface area (Å²) in [4.78, 5) is 12.4. The SMILES string of the molecule is COc1ccc(OC)c(C(C)NC(=O)CC2CCCCC2N)c1. The highest BCUT2D eigenvalue weighted by atomic mass is 16.5. The van der Waals surface area contributed by atoms with E-state index in [0.717, 1.165) is 29.9 Å². The van der Waals surface area contributed by atoms with Crippen molar-refractivity contribution in [1.82, 2.24) is 5.32 Å². The minimum absolute atomic E-state index is 0.0460. The maximum atomic E-state index is 12.4. The Kier molecular flexibility index (Phi) is 6.28. The second kappa shape index (κ2) is 8.20. The van der Waals surface area contributed by atoms with Gasteiger partial charge in [0.2, 0.25) is 5.91 Å². The van der Waals surface area contributed by atoms with Gasteiger partial charge in [-0.2, -0.15) is 0 Å². The fraction of sp³-hybridized carbons (Fsp3) is 0.611. The van der Waals surface area contributed by atoms with Gasteiger partial charge in [-0.05, 0) is 43.9 Å². The summed E-state index contributed by atoms with van der Waals surface area (Å²) in [7, 11) is 3.25. The minimum atomic E-state index is -0.146. The van der Waals surface area contributed by atoms with Crippen molar-refractivity contribution in [3.8, 4) is 11.5 Å². The van der Waals surface area contributed by atoms with Gasteiger partial charge in [0.05, 0.1) is 20.3 Å². The third kappa shape index (κ3) is 4.61. The van der Waals surface area contributed by atoms with Crippen LogP contribution in [0.1, 0.15) is 50.6 Å². The summed E-state index contributed by atoms with van der Waals surface area (Å²) in [5.41, 5.74) is 7.05. The van der Waals surface area contributed by atoms with Crippen LogP contribution >= 0.6 is 0 Å². The number of carbonyl (C=O) groups is 1. The molecule has 0 aliphatic heterocycles. The maximum Gasteiger partial charge on any atom is 0.220 e. The highest BCUT2D eigenvalue weighted by Gasteiger charge is 2.25. The number of hydrogen-bond donors (Lipinski definition) is 2. The first kappa shape index (κ1) is 17.6. The van der Waals surface area contributed by atoms with Crippen molar-refractivity contribution >= 4 is 5.91 Å². The molecule has 1 aromatic carbocycles. The van der Waals surface area contributed by atoms with Crippen molar-refractivity contribution in [3.05, 3.63) is 23.8 Å². The number of nitrogens with one attached hydrogen (secondary N) is 1. The smallest absolute Gasteiger partial charge is 0.220 e. The molecule has 1 fully saturated rings. The summed E-state index contributed by atoms with van der Waals surface area (Å²) in [6, 6.07) is 5.60. The largest absolute Gasteiger partial charge is 0.497 e. The van der Waals surface area contributed by atoms with Crippen molar-refractivity contribution in [2.24, 2.45) is 11.7 Å². The molecule has 128 valence electrons. The number of hydrogen-bond acceptors (Lipinski definition) is 4. The Morgan fingerprint density at radius 1 is 1.30 bits per heavy atom. The van der Waals surface area contributed by atoms with Gasteiger partial charge in [-0.1, -0.05) is 12.8 Å². The van der Waals surface area contributed by atoms with E-state index >= 15 is 0 Å².